The van der Waals surface area contributed by atoms with Gasteiger partial charge >= 0.3 is 0 Å². The van der Waals surface area contributed by atoms with Crippen molar-refractivity contribution in [1.82, 2.24) is 9.97 Å². The number of H-pyrrole nitrogens is 1. The summed E-state index contributed by atoms with van der Waals surface area (Å²) in [4.78, 5) is 33.7. The van der Waals surface area contributed by atoms with Gasteiger partial charge in [0.1, 0.15) is 0 Å². The number of aromatic amines is 1. The third kappa shape index (κ3) is 6.22. The summed E-state index contributed by atoms with van der Waals surface area (Å²) in [5.41, 5.74) is 1.78. The first-order chi connectivity index (χ1) is 13.9. The first-order valence-corrected chi connectivity index (χ1v) is 11.7. The van der Waals surface area contributed by atoms with Crippen LogP contribution in [0.25, 0.3) is 0 Å². The van der Waals surface area contributed by atoms with Crippen LogP contribution < -0.4 is 10.9 Å². The fourth-order valence-electron chi connectivity index (χ4n) is 2.68. The van der Waals surface area contributed by atoms with Crippen molar-refractivity contribution in [2.45, 2.75) is 34.7 Å². The fraction of sp³-hybridized carbons (Fsp3) is 0.190. The molecular weight excluding hydrogens is 470 g/mol. The Balaban J connectivity index is 1.56. The molecule has 0 aliphatic carbocycles. The largest absolute Gasteiger partial charge is 0.326 e. The molecule has 29 heavy (non-hydrogen) atoms. The molecule has 3 rings (SSSR count). The standard InChI is InChI=1S/C21H20BrN3O2S2/c1-13-18(20(27)25-21(23-13)28-2)11-12-19(26)24-15-5-9-17(10-6-15)29-16-7-3-14(22)4-8-16/h3-10H,11-12H2,1-2H3,(H,24,26)(H,23,25,27). The lowest BCUT2D eigenvalue weighted by Gasteiger charge is -2.08. The number of benzene rings is 2. The molecule has 0 saturated heterocycles. The van der Waals surface area contributed by atoms with E-state index < -0.39 is 0 Å². The van der Waals surface area contributed by atoms with Gasteiger partial charge in [-0.3, -0.25) is 9.59 Å². The number of carbonyl (C=O) groups excluding carboxylic acids is 1. The monoisotopic (exact) mass is 489 g/mol. The van der Waals surface area contributed by atoms with Crippen molar-refractivity contribution in [3.05, 3.63) is 74.6 Å². The average Bonchev–Trinajstić information content (AvgIpc) is 2.70. The van der Waals surface area contributed by atoms with Crippen molar-refractivity contribution < 1.29 is 4.79 Å². The zero-order valence-corrected chi connectivity index (χ0v) is 19.2. The number of amides is 1. The molecular formula is C21H20BrN3O2S2. The van der Waals surface area contributed by atoms with Crippen LogP contribution in [0.15, 0.2) is 72.7 Å². The predicted octanol–water partition coefficient (Wildman–Crippen LogP) is 5.29. The molecule has 0 fully saturated rings. The first kappa shape index (κ1) is 21.7. The molecule has 1 heterocycles. The van der Waals surface area contributed by atoms with Gasteiger partial charge in [-0.25, -0.2) is 4.98 Å². The van der Waals surface area contributed by atoms with E-state index in [4.69, 9.17) is 0 Å². The minimum absolute atomic E-state index is 0.133. The SMILES string of the molecule is CSc1nc(C)c(CCC(=O)Nc2ccc(Sc3ccc(Br)cc3)cc2)c(=O)[nH]1. The molecule has 150 valence electrons. The summed E-state index contributed by atoms with van der Waals surface area (Å²) in [7, 11) is 0. The number of hydrogen-bond donors (Lipinski definition) is 2. The van der Waals surface area contributed by atoms with Gasteiger partial charge in [0.05, 0.1) is 0 Å². The van der Waals surface area contributed by atoms with E-state index in [2.05, 4.69) is 43.3 Å². The predicted molar refractivity (Wildman–Crippen MR) is 123 cm³/mol. The number of carbonyl (C=O) groups is 1. The van der Waals surface area contributed by atoms with Gasteiger partial charge in [0.25, 0.3) is 5.56 Å². The van der Waals surface area contributed by atoms with E-state index >= 15 is 0 Å². The third-order valence-corrected chi connectivity index (χ3v) is 6.31. The summed E-state index contributed by atoms with van der Waals surface area (Å²) in [6.45, 7) is 1.80. The van der Waals surface area contributed by atoms with Crippen molar-refractivity contribution in [3.63, 3.8) is 0 Å². The Labute approximate surface area is 186 Å². The third-order valence-electron chi connectivity index (χ3n) is 4.18. The summed E-state index contributed by atoms with van der Waals surface area (Å²) in [5, 5.41) is 3.47. The van der Waals surface area contributed by atoms with Crippen LogP contribution >= 0.6 is 39.5 Å². The number of anilines is 1. The number of hydrogen-bond acceptors (Lipinski definition) is 5. The maximum atomic E-state index is 12.3. The first-order valence-electron chi connectivity index (χ1n) is 8.91. The number of aryl methyl sites for hydroxylation is 1. The molecule has 1 amide bonds. The Hall–Kier alpha value is -2.03. The second-order valence-electron chi connectivity index (χ2n) is 6.27. The molecule has 2 N–H and O–H groups in total. The lowest BCUT2D eigenvalue weighted by molar-refractivity contribution is -0.116. The molecule has 0 saturated carbocycles. The van der Waals surface area contributed by atoms with Crippen LogP contribution in [0.1, 0.15) is 17.7 Å². The molecule has 0 aliphatic rings. The number of aromatic nitrogens is 2. The zero-order chi connectivity index (χ0) is 20.8. The van der Waals surface area contributed by atoms with E-state index in [-0.39, 0.29) is 17.9 Å². The van der Waals surface area contributed by atoms with Crippen LogP contribution in [0, 0.1) is 6.92 Å². The van der Waals surface area contributed by atoms with Gasteiger partial charge < -0.3 is 10.3 Å². The molecule has 0 radical (unpaired) electrons. The van der Waals surface area contributed by atoms with Crippen LogP contribution in [0.5, 0.6) is 0 Å². The summed E-state index contributed by atoms with van der Waals surface area (Å²) >= 11 is 6.47. The highest BCUT2D eigenvalue weighted by Crippen LogP contribution is 2.29. The molecule has 5 nitrogen and oxygen atoms in total. The number of nitrogens with one attached hydrogen (secondary N) is 2. The Morgan fingerprint density at radius 3 is 2.31 bits per heavy atom. The number of rotatable bonds is 7. The van der Waals surface area contributed by atoms with Crippen molar-refractivity contribution in [3.8, 4) is 0 Å². The lowest BCUT2D eigenvalue weighted by Crippen LogP contribution is -2.20. The summed E-state index contributed by atoms with van der Waals surface area (Å²) in [5.74, 6) is -0.133. The van der Waals surface area contributed by atoms with Gasteiger partial charge in [0, 0.05) is 37.6 Å². The van der Waals surface area contributed by atoms with E-state index in [0.717, 1.165) is 20.0 Å². The molecule has 0 atom stereocenters. The Morgan fingerprint density at radius 1 is 1.10 bits per heavy atom. The molecule has 0 bridgehead atoms. The minimum atomic E-state index is -0.177. The fourth-order valence-corrected chi connectivity index (χ4v) is 4.19. The lowest BCUT2D eigenvalue weighted by atomic mass is 10.1. The van der Waals surface area contributed by atoms with Crippen LogP contribution in [0.4, 0.5) is 5.69 Å². The van der Waals surface area contributed by atoms with E-state index in [0.29, 0.717) is 22.8 Å². The van der Waals surface area contributed by atoms with Gasteiger partial charge in [0.15, 0.2) is 5.16 Å². The molecule has 2 aromatic carbocycles. The summed E-state index contributed by atoms with van der Waals surface area (Å²) in [6, 6.07) is 15.8. The van der Waals surface area contributed by atoms with Gasteiger partial charge in [-0.2, -0.15) is 0 Å². The van der Waals surface area contributed by atoms with E-state index in [9.17, 15) is 9.59 Å². The van der Waals surface area contributed by atoms with Crippen LogP contribution in [0.2, 0.25) is 0 Å². The van der Waals surface area contributed by atoms with Gasteiger partial charge in [0.2, 0.25) is 5.91 Å². The Bertz CT molecular complexity index is 1050. The summed E-state index contributed by atoms with van der Waals surface area (Å²) in [6.07, 6.45) is 2.43. The second kappa shape index (κ2) is 10.1. The van der Waals surface area contributed by atoms with Gasteiger partial charge in [-0.1, -0.05) is 39.5 Å². The van der Waals surface area contributed by atoms with Crippen molar-refractivity contribution in [1.29, 1.82) is 0 Å². The maximum Gasteiger partial charge on any atom is 0.254 e. The second-order valence-corrected chi connectivity index (χ2v) is 9.13. The number of thioether (sulfide) groups is 1. The van der Waals surface area contributed by atoms with Crippen LogP contribution in [0.3, 0.4) is 0 Å². The van der Waals surface area contributed by atoms with Crippen molar-refractivity contribution in [2.24, 2.45) is 0 Å². The minimum Gasteiger partial charge on any atom is -0.326 e. The molecule has 8 heteroatoms. The highest BCUT2D eigenvalue weighted by atomic mass is 79.9. The van der Waals surface area contributed by atoms with Crippen LogP contribution in [-0.2, 0) is 11.2 Å². The average molecular weight is 490 g/mol. The topological polar surface area (TPSA) is 74.8 Å². The van der Waals surface area contributed by atoms with Crippen LogP contribution in [-0.4, -0.2) is 22.1 Å². The van der Waals surface area contributed by atoms with Gasteiger partial charge in [-0.15, -0.1) is 0 Å². The van der Waals surface area contributed by atoms with E-state index in [1.807, 2.05) is 42.7 Å². The molecule has 3 aromatic rings. The summed E-state index contributed by atoms with van der Waals surface area (Å²) < 4.78 is 1.05. The van der Waals surface area contributed by atoms with E-state index in [1.54, 1.807) is 18.7 Å². The quantitative estimate of drug-likeness (QED) is 0.348. The Kier molecular flexibility index (Phi) is 7.57. The van der Waals surface area contributed by atoms with Crippen molar-refractivity contribution in [2.75, 3.05) is 11.6 Å². The molecule has 1 aromatic heterocycles. The molecule has 0 spiro atoms. The smallest absolute Gasteiger partial charge is 0.254 e. The number of halogens is 1. The van der Waals surface area contributed by atoms with Gasteiger partial charge in [-0.05, 0) is 68.1 Å². The molecule has 0 unspecified atom stereocenters. The van der Waals surface area contributed by atoms with E-state index in [1.165, 1.54) is 11.8 Å². The maximum absolute atomic E-state index is 12.3. The Morgan fingerprint density at radius 2 is 1.72 bits per heavy atom. The highest BCUT2D eigenvalue weighted by molar-refractivity contribution is 9.10. The molecule has 0 aliphatic heterocycles. The normalized spacial score (nSPS) is 10.7. The highest BCUT2D eigenvalue weighted by Gasteiger charge is 2.11. The number of nitrogens with zero attached hydrogens (tertiary/aromatic N) is 1. The zero-order valence-electron chi connectivity index (χ0n) is 16.0. The van der Waals surface area contributed by atoms with Crippen molar-refractivity contribution >= 4 is 51.0 Å².